The lowest BCUT2D eigenvalue weighted by Crippen LogP contribution is -1.87. The van der Waals surface area contributed by atoms with Crippen LogP contribution in [0.1, 0.15) is 23.6 Å². The molecule has 0 aliphatic rings. The van der Waals surface area contributed by atoms with E-state index in [-0.39, 0.29) is 0 Å². The fourth-order valence-electron chi connectivity index (χ4n) is 2.00. The molecule has 0 saturated carbocycles. The Hall–Kier alpha value is -1.56. The lowest BCUT2D eigenvalue weighted by molar-refractivity contribution is 1.13. The molecular formula is C16H18. The molecule has 0 N–H and O–H groups in total. The second kappa shape index (κ2) is 4.52. The minimum atomic E-state index is 1.11. The minimum absolute atomic E-state index is 1.11. The Balaban J connectivity index is 2.44. The van der Waals surface area contributed by atoms with Crippen LogP contribution in [0.4, 0.5) is 0 Å². The van der Waals surface area contributed by atoms with E-state index < -0.39 is 0 Å². The lowest BCUT2D eigenvalue weighted by Gasteiger charge is -2.08. The summed E-state index contributed by atoms with van der Waals surface area (Å²) in [5.74, 6) is 0. The number of hydrogen-bond donors (Lipinski definition) is 0. The van der Waals surface area contributed by atoms with Crippen LogP contribution in [0.25, 0.3) is 11.1 Å². The van der Waals surface area contributed by atoms with Crippen molar-refractivity contribution in [2.24, 2.45) is 0 Å². The summed E-state index contributed by atoms with van der Waals surface area (Å²) in [6, 6.07) is 15.5. The largest absolute Gasteiger partial charge is 0.0613 e. The maximum atomic E-state index is 2.29. The van der Waals surface area contributed by atoms with E-state index in [1.54, 1.807) is 0 Å². The van der Waals surface area contributed by atoms with Crippen LogP contribution in [0.5, 0.6) is 0 Å². The van der Waals surface area contributed by atoms with Gasteiger partial charge >= 0.3 is 0 Å². The topological polar surface area (TPSA) is 0 Å². The summed E-state index contributed by atoms with van der Waals surface area (Å²) in [5, 5.41) is 0. The van der Waals surface area contributed by atoms with Crippen LogP contribution in [0.2, 0.25) is 0 Å². The van der Waals surface area contributed by atoms with E-state index in [1.807, 2.05) is 0 Å². The second-order valence-electron chi connectivity index (χ2n) is 4.37. The van der Waals surface area contributed by atoms with E-state index in [0.717, 1.165) is 6.42 Å². The van der Waals surface area contributed by atoms with E-state index in [0.29, 0.717) is 0 Å². The van der Waals surface area contributed by atoms with Gasteiger partial charge in [0.2, 0.25) is 0 Å². The Morgan fingerprint density at radius 2 is 1.56 bits per heavy atom. The Labute approximate surface area is 97.9 Å². The van der Waals surface area contributed by atoms with Crippen LogP contribution in [-0.4, -0.2) is 0 Å². The molecule has 16 heavy (non-hydrogen) atoms. The van der Waals surface area contributed by atoms with Gasteiger partial charge in [-0.15, -0.1) is 0 Å². The summed E-state index contributed by atoms with van der Waals surface area (Å²) in [5.41, 5.74) is 6.74. The maximum absolute atomic E-state index is 2.29. The molecule has 0 unspecified atom stereocenters. The molecule has 82 valence electrons. The molecular weight excluding hydrogens is 192 g/mol. The molecule has 0 aliphatic carbocycles. The van der Waals surface area contributed by atoms with Crippen LogP contribution in [0.3, 0.4) is 0 Å². The summed E-state index contributed by atoms with van der Waals surface area (Å²) in [7, 11) is 0. The fourth-order valence-corrected chi connectivity index (χ4v) is 2.00. The standard InChI is InChI=1S/C16H18/c1-4-14-7-10-16(13(3)11-14)15-8-5-12(2)6-9-15/h5-11H,4H2,1-3H3. The Morgan fingerprint density at radius 3 is 2.12 bits per heavy atom. The van der Waals surface area contributed by atoms with Gasteiger partial charge in [0.05, 0.1) is 0 Å². The normalized spacial score (nSPS) is 10.4. The molecule has 0 amide bonds. The average molecular weight is 210 g/mol. The molecule has 0 radical (unpaired) electrons. The van der Waals surface area contributed by atoms with Crippen molar-refractivity contribution in [2.45, 2.75) is 27.2 Å². The van der Waals surface area contributed by atoms with Crippen molar-refractivity contribution in [3.05, 3.63) is 59.2 Å². The van der Waals surface area contributed by atoms with E-state index in [2.05, 4.69) is 63.2 Å². The Morgan fingerprint density at radius 1 is 0.875 bits per heavy atom. The smallest absolute Gasteiger partial charge is 0.0155 e. The molecule has 0 spiro atoms. The third-order valence-corrected chi connectivity index (χ3v) is 3.06. The van der Waals surface area contributed by atoms with Gasteiger partial charge in [0.25, 0.3) is 0 Å². The summed E-state index contributed by atoms with van der Waals surface area (Å²) in [4.78, 5) is 0. The molecule has 2 rings (SSSR count). The number of benzene rings is 2. The van der Waals surface area contributed by atoms with Gasteiger partial charge in [0, 0.05) is 0 Å². The fraction of sp³-hybridized carbons (Fsp3) is 0.250. The highest BCUT2D eigenvalue weighted by atomic mass is 14.1. The van der Waals surface area contributed by atoms with Crippen molar-refractivity contribution in [3.8, 4) is 11.1 Å². The predicted octanol–water partition coefficient (Wildman–Crippen LogP) is 4.53. The minimum Gasteiger partial charge on any atom is -0.0613 e. The molecule has 2 aromatic rings. The van der Waals surface area contributed by atoms with Gasteiger partial charge in [0.15, 0.2) is 0 Å². The van der Waals surface area contributed by atoms with Gasteiger partial charge in [-0.3, -0.25) is 0 Å². The number of hydrogen-bond acceptors (Lipinski definition) is 0. The van der Waals surface area contributed by atoms with Gasteiger partial charge in [-0.2, -0.15) is 0 Å². The predicted molar refractivity (Wildman–Crippen MR) is 70.7 cm³/mol. The van der Waals surface area contributed by atoms with Crippen molar-refractivity contribution in [3.63, 3.8) is 0 Å². The highest BCUT2D eigenvalue weighted by Gasteiger charge is 2.01. The first-order valence-corrected chi connectivity index (χ1v) is 5.87. The van der Waals surface area contributed by atoms with Crippen LogP contribution in [-0.2, 0) is 6.42 Å². The van der Waals surface area contributed by atoms with Crippen molar-refractivity contribution in [2.75, 3.05) is 0 Å². The quantitative estimate of drug-likeness (QED) is 0.683. The molecule has 0 aromatic heterocycles. The highest BCUT2D eigenvalue weighted by Crippen LogP contribution is 2.24. The Kier molecular flexibility index (Phi) is 3.09. The summed E-state index contributed by atoms with van der Waals surface area (Å²) >= 11 is 0. The van der Waals surface area contributed by atoms with Gasteiger partial charge < -0.3 is 0 Å². The van der Waals surface area contributed by atoms with E-state index >= 15 is 0 Å². The molecule has 0 heteroatoms. The lowest BCUT2D eigenvalue weighted by atomic mass is 9.97. The summed E-state index contributed by atoms with van der Waals surface area (Å²) in [6.45, 7) is 6.51. The van der Waals surface area contributed by atoms with Crippen LogP contribution >= 0.6 is 0 Å². The molecule has 0 aliphatic heterocycles. The maximum Gasteiger partial charge on any atom is -0.0155 e. The number of rotatable bonds is 2. The van der Waals surface area contributed by atoms with Gasteiger partial charge in [0.1, 0.15) is 0 Å². The molecule has 0 nitrogen and oxygen atoms in total. The van der Waals surface area contributed by atoms with Crippen LogP contribution in [0, 0.1) is 13.8 Å². The van der Waals surface area contributed by atoms with Crippen molar-refractivity contribution >= 4 is 0 Å². The summed E-state index contributed by atoms with van der Waals surface area (Å²) in [6.07, 6.45) is 1.11. The first-order chi connectivity index (χ1) is 7.70. The molecule has 2 aromatic carbocycles. The third kappa shape index (κ3) is 2.16. The molecule has 0 atom stereocenters. The first kappa shape index (κ1) is 10.9. The van der Waals surface area contributed by atoms with Gasteiger partial charge in [-0.05, 0) is 42.5 Å². The third-order valence-electron chi connectivity index (χ3n) is 3.06. The molecule has 0 heterocycles. The van der Waals surface area contributed by atoms with Crippen LogP contribution < -0.4 is 0 Å². The SMILES string of the molecule is CCc1ccc(-c2ccc(C)cc2)c(C)c1. The van der Waals surface area contributed by atoms with Crippen molar-refractivity contribution in [1.29, 1.82) is 0 Å². The zero-order valence-electron chi connectivity index (χ0n) is 10.2. The van der Waals surface area contributed by atoms with Crippen molar-refractivity contribution < 1.29 is 0 Å². The average Bonchev–Trinajstić information content (AvgIpc) is 2.30. The number of aryl methyl sites for hydroxylation is 3. The van der Waals surface area contributed by atoms with E-state index in [9.17, 15) is 0 Å². The Bertz CT molecular complexity index is 478. The summed E-state index contributed by atoms with van der Waals surface area (Å²) < 4.78 is 0. The van der Waals surface area contributed by atoms with Gasteiger partial charge in [-0.25, -0.2) is 0 Å². The molecule has 0 fully saturated rings. The molecule has 0 bridgehead atoms. The van der Waals surface area contributed by atoms with E-state index in [1.165, 1.54) is 27.8 Å². The molecule has 0 saturated heterocycles. The zero-order chi connectivity index (χ0) is 11.5. The first-order valence-electron chi connectivity index (χ1n) is 5.87. The van der Waals surface area contributed by atoms with E-state index in [4.69, 9.17) is 0 Å². The van der Waals surface area contributed by atoms with Gasteiger partial charge in [-0.1, -0.05) is 55.0 Å². The highest BCUT2D eigenvalue weighted by molar-refractivity contribution is 5.67. The monoisotopic (exact) mass is 210 g/mol. The second-order valence-corrected chi connectivity index (χ2v) is 4.37. The van der Waals surface area contributed by atoms with Crippen LogP contribution in [0.15, 0.2) is 42.5 Å². The van der Waals surface area contributed by atoms with Crippen molar-refractivity contribution in [1.82, 2.24) is 0 Å². The zero-order valence-corrected chi connectivity index (χ0v) is 10.2.